The molecule has 0 saturated carbocycles. The predicted octanol–water partition coefficient (Wildman–Crippen LogP) is 3.97. The number of rotatable bonds is 6. The molecule has 0 fully saturated rings. The highest BCUT2D eigenvalue weighted by Gasteiger charge is 2.13. The zero-order valence-electron chi connectivity index (χ0n) is 14.3. The molecule has 2 aromatic carbocycles. The number of carbonyl (C=O) groups excluding carboxylic acids is 1. The number of nitrogens with zero attached hydrogens (tertiary/aromatic N) is 2. The van der Waals surface area contributed by atoms with Crippen LogP contribution in [0.15, 0.2) is 57.1 Å². The number of ether oxygens (including phenoxy) is 2. The highest BCUT2D eigenvalue weighted by atomic mass is 79.9. The summed E-state index contributed by atoms with van der Waals surface area (Å²) in [6, 6.07) is 13.4. The van der Waals surface area contributed by atoms with E-state index in [1.165, 1.54) is 25.8 Å². The number of hydrogen-bond donors (Lipinski definition) is 1. The van der Waals surface area contributed by atoms with Crippen molar-refractivity contribution in [2.75, 3.05) is 7.11 Å². The molecule has 0 radical (unpaired) electrons. The molecule has 2 aromatic rings. The lowest BCUT2D eigenvalue weighted by Crippen LogP contribution is -2.06. The molecular formula is C18H18BrN3O3S. The van der Waals surface area contributed by atoms with Crippen LogP contribution in [-0.4, -0.2) is 24.5 Å². The maximum Gasteiger partial charge on any atom is 0.308 e. The average Bonchev–Trinajstić information content (AvgIpc) is 2.62. The third-order valence-electron chi connectivity index (χ3n) is 3.09. The highest BCUT2D eigenvalue weighted by Crippen LogP contribution is 2.36. The standard InChI is InChI=1S/C18H18BrN3O3S/c1-12(23)25-17-15(19)8-14(9-16(17)24-2)10-21-22-18(20)26-11-13-6-4-3-5-7-13/h3-10H,11H2,1-2H3,(H2,20,22). The van der Waals surface area contributed by atoms with Gasteiger partial charge in [0.15, 0.2) is 16.7 Å². The van der Waals surface area contributed by atoms with Gasteiger partial charge < -0.3 is 15.2 Å². The maximum absolute atomic E-state index is 11.2. The van der Waals surface area contributed by atoms with Gasteiger partial charge in [-0.3, -0.25) is 4.79 Å². The smallest absolute Gasteiger partial charge is 0.308 e. The van der Waals surface area contributed by atoms with Gasteiger partial charge in [0.2, 0.25) is 0 Å². The molecule has 0 bridgehead atoms. The van der Waals surface area contributed by atoms with Gasteiger partial charge in [-0.1, -0.05) is 42.1 Å². The monoisotopic (exact) mass is 435 g/mol. The van der Waals surface area contributed by atoms with Crippen LogP contribution in [0.3, 0.4) is 0 Å². The summed E-state index contributed by atoms with van der Waals surface area (Å²) in [6.07, 6.45) is 1.54. The molecule has 0 unspecified atom stereocenters. The van der Waals surface area contributed by atoms with Gasteiger partial charge in [0, 0.05) is 12.7 Å². The number of halogens is 1. The van der Waals surface area contributed by atoms with Crippen molar-refractivity contribution in [3.8, 4) is 11.5 Å². The molecule has 0 aromatic heterocycles. The molecule has 0 saturated heterocycles. The summed E-state index contributed by atoms with van der Waals surface area (Å²) in [4.78, 5) is 11.2. The van der Waals surface area contributed by atoms with Crippen molar-refractivity contribution in [2.24, 2.45) is 15.9 Å². The summed E-state index contributed by atoms with van der Waals surface area (Å²) in [5.41, 5.74) is 7.74. The van der Waals surface area contributed by atoms with Crippen LogP contribution in [0, 0.1) is 0 Å². The lowest BCUT2D eigenvalue weighted by atomic mass is 10.2. The van der Waals surface area contributed by atoms with Gasteiger partial charge in [-0.05, 0) is 39.2 Å². The van der Waals surface area contributed by atoms with Crippen LogP contribution in [-0.2, 0) is 10.5 Å². The molecule has 0 aliphatic heterocycles. The number of benzene rings is 2. The number of thioether (sulfide) groups is 1. The molecule has 0 heterocycles. The van der Waals surface area contributed by atoms with E-state index in [1.807, 2.05) is 30.3 Å². The van der Waals surface area contributed by atoms with Crippen molar-refractivity contribution in [3.05, 3.63) is 58.1 Å². The third-order valence-corrected chi connectivity index (χ3v) is 4.53. The van der Waals surface area contributed by atoms with Crippen molar-refractivity contribution < 1.29 is 14.3 Å². The topological polar surface area (TPSA) is 86.3 Å². The van der Waals surface area contributed by atoms with Gasteiger partial charge in [0.1, 0.15) is 0 Å². The second-order valence-electron chi connectivity index (χ2n) is 5.08. The largest absolute Gasteiger partial charge is 0.493 e. The van der Waals surface area contributed by atoms with Crippen LogP contribution in [0.4, 0.5) is 0 Å². The zero-order chi connectivity index (χ0) is 18.9. The Balaban J connectivity index is 2.04. The molecule has 0 atom stereocenters. The van der Waals surface area contributed by atoms with E-state index in [0.717, 1.165) is 11.3 Å². The Morgan fingerprint density at radius 3 is 2.69 bits per heavy atom. The molecule has 26 heavy (non-hydrogen) atoms. The molecule has 8 heteroatoms. The Kier molecular flexibility index (Phi) is 7.68. The Hall–Kier alpha value is -2.32. The molecule has 0 aliphatic rings. The van der Waals surface area contributed by atoms with Crippen LogP contribution in [0.25, 0.3) is 0 Å². The minimum atomic E-state index is -0.432. The van der Waals surface area contributed by atoms with E-state index >= 15 is 0 Å². The lowest BCUT2D eigenvalue weighted by molar-refractivity contribution is -0.132. The Bertz CT molecular complexity index is 826. The Labute approximate surface area is 164 Å². The molecule has 2 N–H and O–H groups in total. The third kappa shape index (κ3) is 6.20. The van der Waals surface area contributed by atoms with E-state index < -0.39 is 5.97 Å². The fourth-order valence-electron chi connectivity index (χ4n) is 1.97. The van der Waals surface area contributed by atoms with Gasteiger partial charge in [-0.15, -0.1) is 5.10 Å². The van der Waals surface area contributed by atoms with E-state index in [2.05, 4.69) is 26.1 Å². The molecule has 0 spiro atoms. The van der Waals surface area contributed by atoms with Crippen LogP contribution in [0.2, 0.25) is 0 Å². The Morgan fingerprint density at radius 1 is 1.31 bits per heavy atom. The van der Waals surface area contributed by atoms with Crippen molar-refractivity contribution in [1.82, 2.24) is 0 Å². The van der Waals surface area contributed by atoms with Crippen molar-refractivity contribution >= 4 is 45.0 Å². The minimum absolute atomic E-state index is 0.318. The fraction of sp³-hybridized carbons (Fsp3) is 0.167. The normalized spacial score (nSPS) is 11.6. The first-order valence-corrected chi connectivity index (χ1v) is 9.36. The van der Waals surface area contributed by atoms with Gasteiger partial charge in [-0.2, -0.15) is 5.10 Å². The average molecular weight is 436 g/mol. The molecule has 0 amide bonds. The molecule has 136 valence electrons. The van der Waals surface area contributed by atoms with Crippen molar-refractivity contribution in [2.45, 2.75) is 12.7 Å². The SMILES string of the molecule is COc1cc(C=NN=C(N)SCc2ccccc2)cc(Br)c1OC(C)=O. The van der Waals surface area contributed by atoms with Crippen molar-refractivity contribution in [1.29, 1.82) is 0 Å². The zero-order valence-corrected chi connectivity index (χ0v) is 16.7. The van der Waals surface area contributed by atoms with Gasteiger partial charge in [0.25, 0.3) is 0 Å². The van der Waals surface area contributed by atoms with Crippen LogP contribution >= 0.6 is 27.7 Å². The number of esters is 1. The first kappa shape index (κ1) is 20.0. The number of hydrogen-bond acceptors (Lipinski definition) is 6. The van der Waals surface area contributed by atoms with E-state index in [0.29, 0.717) is 26.7 Å². The van der Waals surface area contributed by atoms with E-state index in [9.17, 15) is 4.79 Å². The second-order valence-corrected chi connectivity index (χ2v) is 6.93. The van der Waals surface area contributed by atoms with Gasteiger partial charge in [-0.25, -0.2) is 0 Å². The molecule has 6 nitrogen and oxygen atoms in total. The van der Waals surface area contributed by atoms with Gasteiger partial charge >= 0.3 is 5.97 Å². The maximum atomic E-state index is 11.2. The number of nitrogens with two attached hydrogens (primary N) is 1. The summed E-state index contributed by atoms with van der Waals surface area (Å²) >= 11 is 4.76. The van der Waals surface area contributed by atoms with Crippen molar-refractivity contribution in [3.63, 3.8) is 0 Å². The quantitative estimate of drug-likeness (QED) is 0.244. The first-order chi connectivity index (χ1) is 12.5. The van der Waals surface area contributed by atoms with Crippen LogP contribution < -0.4 is 15.2 Å². The van der Waals surface area contributed by atoms with E-state index in [1.54, 1.807) is 18.3 Å². The van der Waals surface area contributed by atoms with Crippen LogP contribution in [0.1, 0.15) is 18.1 Å². The molecule has 2 rings (SSSR count). The first-order valence-electron chi connectivity index (χ1n) is 7.58. The summed E-state index contributed by atoms with van der Waals surface area (Å²) in [7, 11) is 1.49. The number of methoxy groups -OCH3 is 1. The number of amidine groups is 1. The summed E-state index contributed by atoms with van der Waals surface area (Å²) in [5, 5.41) is 8.34. The van der Waals surface area contributed by atoms with Gasteiger partial charge in [0.05, 0.1) is 17.8 Å². The van der Waals surface area contributed by atoms with Crippen LogP contribution in [0.5, 0.6) is 11.5 Å². The lowest BCUT2D eigenvalue weighted by Gasteiger charge is -2.10. The Morgan fingerprint density at radius 2 is 2.04 bits per heavy atom. The number of carbonyl (C=O) groups is 1. The molecular weight excluding hydrogens is 418 g/mol. The highest BCUT2D eigenvalue weighted by molar-refractivity contribution is 9.10. The fourth-order valence-corrected chi connectivity index (χ4v) is 3.12. The summed E-state index contributed by atoms with van der Waals surface area (Å²) < 4.78 is 11.0. The minimum Gasteiger partial charge on any atom is -0.493 e. The predicted molar refractivity (Wildman–Crippen MR) is 109 cm³/mol. The summed E-state index contributed by atoms with van der Waals surface area (Å²) in [5.74, 6) is 1.02. The molecule has 0 aliphatic carbocycles. The summed E-state index contributed by atoms with van der Waals surface area (Å²) in [6.45, 7) is 1.33. The van der Waals surface area contributed by atoms with E-state index in [4.69, 9.17) is 15.2 Å². The second kappa shape index (κ2) is 9.98. The van der Waals surface area contributed by atoms with E-state index in [-0.39, 0.29) is 0 Å².